The lowest BCUT2D eigenvalue weighted by Crippen LogP contribution is -2.30. The minimum absolute atomic E-state index is 0.250. The summed E-state index contributed by atoms with van der Waals surface area (Å²) in [5, 5.41) is 5.49. The molecule has 0 aliphatic rings. The van der Waals surface area contributed by atoms with E-state index in [1.807, 2.05) is 53.4 Å². The Morgan fingerprint density at radius 1 is 0.958 bits per heavy atom. The zero-order chi connectivity index (χ0) is 16.8. The molecule has 24 heavy (non-hydrogen) atoms. The van der Waals surface area contributed by atoms with Gasteiger partial charge < -0.3 is 15.2 Å². The average Bonchev–Trinajstić information content (AvgIpc) is 3.12. The van der Waals surface area contributed by atoms with Gasteiger partial charge in [-0.15, -0.1) is 0 Å². The van der Waals surface area contributed by atoms with E-state index < -0.39 is 0 Å². The number of nitrogens with one attached hydrogen (secondary N) is 2. The maximum Gasteiger partial charge on any atom is 0.319 e. The SMILES string of the molecule is O=C(NCCc1ccccc1F)Nc1ccc(-n2cccc2)cc1. The quantitative estimate of drug-likeness (QED) is 0.733. The van der Waals surface area contributed by atoms with Crippen molar-refractivity contribution in [1.29, 1.82) is 0 Å². The van der Waals surface area contributed by atoms with Crippen molar-refractivity contribution in [1.82, 2.24) is 9.88 Å². The molecule has 4 nitrogen and oxygen atoms in total. The van der Waals surface area contributed by atoms with E-state index in [0.717, 1.165) is 5.69 Å². The van der Waals surface area contributed by atoms with Crippen LogP contribution in [0.25, 0.3) is 5.69 Å². The number of rotatable bonds is 5. The first-order valence-electron chi connectivity index (χ1n) is 7.74. The highest BCUT2D eigenvalue weighted by molar-refractivity contribution is 5.89. The summed E-state index contributed by atoms with van der Waals surface area (Å²) in [6, 6.07) is 17.7. The van der Waals surface area contributed by atoms with Gasteiger partial charge in [-0.2, -0.15) is 0 Å². The number of benzene rings is 2. The first-order chi connectivity index (χ1) is 11.7. The zero-order valence-corrected chi connectivity index (χ0v) is 13.1. The molecule has 2 N–H and O–H groups in total. The second kappa shape index (κ2) is 7.46. The monoisotopic (exact) mass is 323 g/mol. The molecule has 0 saturated heterocycles. The summed E-state index contributed by atoms with van der Waals surface area (Å²) in [6.07, 6.45) is 4.36. The van der Waals surface area contributed by atoms with Gasteiger partial charge in [-0.1, -0.05) is 18.2 Å². The molecule has 1 aromatic heterocycles. The molecular formula is C19H18FN3O. The molecule has 0 aliphatic carbocycles. The van der Waals surface area contributed by atoms with Crippen LogP contribution in [-0.2, 0) is 6.42 Å². The maximum atomic E-state index is 13.5. The molecule has 3 aromatic rings. The highest BCUT2D eigenvalue weighted by atomic mass is 19.1. The molecule has 0 aliphatic heterocycles. The highest BCUT2D eigenvalue weighted by Crippen LogP contribution is 2.13. The second-order valence-electron chi connectivity index (χ2n) is 5.36. The number of carbonyl (C=O) groups excluding carboxylic acids is 1. The van der Waals surface area contributed by atoms with Gasteiger partial charge in [-0.05, 0) is 54.4 Å². The van der Waals surface area contributed by atoms with Crippen molar-refractivity contribution in [3.63, 3.8) is 0 Å². The van der Waals surface area contributed by atoms with Crippen molar-refractivity contribution >= 4 is 11.7 Å². The number of nitrogens with zero attached hydrogens (tertiary/aromatic N) is 1. The van der Waals surface area contributed by atoms with Crippen LogP contribution in [0, 0.1) is 5.82 Å². The molecule has 2 aromatic carbocycles. The largest absolute Gasteiger partial charge is 0.338 e. The molecule has 0 atom stereocenters. The van der Waals surface area contributed by atoms with Gasteiger partial charge >= 0.3 is 6.03 Å². The molecule has 5 heteroatoms. The average molecular weight is 323 g/mol. The molecule has 0 spiro atoms. The molecule has 122 valence electrons. The van der Waals surface area contributed by atoms with Crippen molar-refractivity contribution in [2.45, 2.75) is 6.42 Å². The normalized spacial score (nSPS) is 10.4. The lowest BCUT2D eigenvalue weighted by molar-refractivity contribution is 0.252. The Labute approximate surface area is 139 Å². The van der Waals surface area contributed by atoms with E-state index >= 15 is 0 Å². The van der Waals surface area contributed by atoms with Gasteiger partial charge in [0, 0.05) is 30.3 Å². The molecule has 0 unspecified atom stereocenters. The summed E-state index contributed by atoms with van der Waals surface area (Å²) in [5.74, 6) is -0.250. The lowest BCUT2D eigenvalue weighted by atomic mass is 10.1. The molecule has 0 saturated carbocycles. The number of urea groups is 1. The Balaban J connectivity index is 1.49. The third-order valence-corrected chi connectivity index (χ3v) is 3.67. The van der Waals surface area contributed by atoms with Gasteiger partial charge in [0.05, 0.1) is 0 Å². The highest BCUT2D eigenvalue weighted by Gasteiger charge is 2.04. The van der Waals surface area contributed by atoms with E-state index in [0.29, 0.717) is 24.2 Å². The smallest absolute Gasteiger partial charge is 0.319 e. The van der Waals surface area contributed by atoms with Crippen molar-refractivity contribution in [3.05, 3.63) is 84.4 Å². The number of hydrogen-bond acceptors (Lipinski definition) is 1. The number of halogens is 1. The van der Waals surface area contributed by atoms with E-state index in [9.17, 15) is 9.18 Å². The van der Waals surface area contributed by atoms with Crippen LogP contribution in [0.4, 0.5) is 14.9 Å². The fourth-order valence-electron chi connectivity index (χ4n) is 2.41. The topological polar surface area (TPSA) is 46.1 Å². The fourth-order valence-corrected chi connectivity index (χ4v) is 2.41. The van der Waals surface area contributed by atoms with Crippen molar-refractivity contribution in [2.24, 2.45) is 0 Å². The summed E-state index contributed by atoms with van der Waals surface area (Å²) in [6.45, 7) is 0.369. The Kier molecular flexibility index (Phi) is 4.91. The van der Waals surface area contributed by atoms with Gasteiger partial charge in [0.1, 0.15) is 5.82 Å². The summed E-state index contributed by atoms with van der Waals surface area (Å²) < 4.78 is 15.5. The number of carbonyl (C=O) groups is 1. The van der Waals surface area contributed by atoms with Crippen LogP contribution in [0.15, 0.2) is 73.1 Å². The Morgan fingerprint density at radius 3 is 2.38 bits per heavy atom. The van der Waals surface area contributed by atoms with E-state index in [2.05, 4.69) is 10.6 Å². The van der Waals surface area contributed by atoms with E-state index in [-0.39, 0.29) is 11.8 Å². The zero-order valence-electron chi connectivity index (χ0n) is 13.1. The number of aromatic nitrogens is 1. The van der Waals surface area contributed by atoms with E-state index in [1.165, 1.54) is 6.07 Å². The lowest BCUT2D eigenvalue weighted by Gasteiger charge is -2.09. The van der Waals surface area contributed by atoms with Gasteiger partial charge in [0.25, 0.3) is 0 Å². The number of hydrogen-bond donors (Lipinski definition) is 2. The predicted octanol–water partition coefficient (Wildman–Crippen LogP) is 3.98. The minimum atomic E-state index is -0.306. The standard InChI is InChI=1S/C19H18FN3O/c20-18-6-2-1-5-15(18)11-12-21-19(24)22-16-7-9-17(10-8-16)23-13-3-4-14-23/h1-10,13-14H,11-12H2,(H2,21,22,24). The van der Waals surface area contributed by atoms with E-state index in [1.54, 1.807) is 18.2 Å². The van der Waals surface area contributed by atoms with Crippen LogP contribution in [0.3, 0.4) is 0 Å². The minimum Gasteiger partial charge on any atom is -0.338 e. The Morgan fingerprint density at radius 2 is 1.67 bits per heavy atom. The molecule has 0 fully saturated rings. The number of amides is 2. The van der Waals surface area contributed by atoms with E-state index in [4.69, 9.17) is 0 Å². The molecule has 0 radical (unpaired) electrons. The molecule has 0 bridgehead atoms. The summed E-state index contributed by atoms with van der Waals surface area (Å²) in [7, 11) is 0. The first-order valence-corrected chi connectivity index (χ1v) is 7.74. The van der Waals surface area contributed by atoms with Gasteiger partial charge in [0.15, 0.2) is 0 Å². The van der Waals surface area contributed by atoms with Crippen molar-refractivity contribution in [3.8, 4) is 5.69 Å². The van der Waals surface area contributed by atoms with Crippen LogP contribution in [0.1, 0.15) is 5.56 Å². The second-order valence-corrected chi connectivity index (χ2v) is 5.36. The predicted molar refractivity (Wildman–Crippen MR) is 92.9 cm³/mol. The molecule has 2 amide bonds. The molecule has 3 rings (SSSR count). The fraction of sp³-hybridized carbons (Fsp3) is 0.105. The van der Waals surface area contributed by atoms with Crippen LogP contribution < -0.4 is 10.6 Å². The summed E-state index contributed by atoms with van der Waals surface area (Å²) in [5.41, 5.74) is 2.31. The summed E-state index contributed by atoms with van der Waals surface area (Å²) in [4.78, 5) is 11.9. The third-order valence-electron chi connectivity index (χ3n) is 3.67. The molecular weight excluding hydrogens is 305 g/mol. The van der Waals surface area contributed by atoms with Gasteiger partial charge in [-0.25, -0.2) is 9.18 Å². The Hall–Kier alpha value is -3.08. The van der Waals surface area contributed by atoms with Crippen molar-refractivity contribution < 1.29 is 9.18 Å². The summed E-state index contributed by atoms with van der Waals surface area (Å²) >= 11 is 0. The van der Waals surface area contributed by atoms with Gasteiger partial charge in [-0.3, -0.25) is 0 Å². The van der Waals surface area contributed by atoms with Crippen LogP contribution in [0.5, 0.6) is 0 Å². The van der Waals surface area contributed by atoms with Crippen LogP contribution in [0.2, 0.25) is 0 Å². The maximum absolute atomic E-state index is 13.5. The van der Waals surface area contributed by atoms with Crippen LogP contribution in [-0.4, -0.2) is 17.1 Å². The van der Waals surface area contributed by atoms with Gasteiger partial charge in [0.2, 0.25) is 0 Å². The van der Waals surface area contributed by atoms with Crippen LogP contribution >= 0.6 is 0 Å². The Bertz CT molecular complexity index is 798. The number of anilines is 1. The third kappa shape index (κ3) is 4.01. The molecule has 1 heterocycles. The first kappa shape index (κ1) is 15.8. The van der Waals surface area contributed by atoms with Crippen molar-refractivity contribution in [2.75, 3.05) is 11.9 Å².